The molecule has 1 saturated carbocycles. The minimum absolute atomic E-state index is 0.102. The summed E-state index contributed by atoms with van der Waals surface area (Å²) in [6, 6.07) is 8.26. The molecule has 1 aromatic heterocycles. The summed E-state index contributed by atoms with van der Waals surface area (Å²) in [4.78, 5) is 0. The van der Waals surface area contributed by atoms with Gasteiger partial charge in [-0.15, -0.1) is 5.10 Å². The predicted molar refractivity (Wildman–Crippen MR) is 73.2 cm³/mol. The molecule has 0 amide bonds. The van der Waals surface area contributed by atoms with E-state index in [4.69, 9.17) is 0 Å². The van der Waals surface area contributed by atoms with Crippen LogP contribution >= 0.6 is 0 Å². The van der Waals surface area contributed by atoms with E-state index in [0.29, 0.717) is 0 Å². The zero-order chi connectivity index (χ0) is 13.5. The molecule has 100 valence electrons. The van der Waals surface area contributed by atoms with Crippen molar-refractivity contribution in [3.63, 3.8) is 0 Å². The van der Waals surface area contributed by atoms with Gasteiger partial charge in [-0.3, -0.25) is 0 Å². The molecule has 2 N–H and O–H groups in total. The zero-order valence-electron chi connectivity index (χ0n) is 11.1. The molecular formula is C14H18N4O. The van der Waals surface area contributed by atoms with Gasteiger partial charge in [-0.1, -0.05) is 31.2 Å². The van der Waals surface area contributed by atoms with E-state index < -0.39 is 0 Å². The van der Waals surface area contributed by atoms with E-state index in [1.807, 2.05) is 30.5 Å². The molecule has 0 bridgehead atoms. The fraction of sp³-hybridized carbons (Fsp3) is 0.429. The van der Waals surface area contributed by atoms with Gasteiger partial charge in [0.2, 0.25) is 0 Å². The maximum absolute atomic E-state index is 9.81. The smallest absolute Gasteiger partial charge is 0.0894 e. The highest BCUT2D eigenvalue weighted by Gasteiger charge is 2.47. The van der Waals surface area contributed by atoms with E-state index in [2.05, 4.69) is 29.5 Å². The number of aliphatic hydroxyl groups excluding tert-OH is 1. The number of hydrogen-bond acceptors (Lipinski definition) is 4. The van der Waals surface area contributed by atoms with Crippen LogP contribution in [0.4, 0.5) is 5.69 Å². The molecule has 19 heavy (non-hydrogen) atoms. The van der Waals surface area contributed by atoms with Crippen molar-refractivity contribution in [2.75, 3.05) is 5.32 Å². The van der Waals surface area contributed by atoms with E-state index in [-0.39, 0.29) is 17.6 Å². The first-order chi connectivity index (χ1) is 9.09. The molecule has 3 rings (SSSR count). The van der Waals surface area contributed by atoms with Crippen LogP contribution in [0, 0.1) is 5.41 Å². The molecule has 1 heterocycles. The number of nitrogens with one attached hydrogen (secondary N) is 1. The molecule has 0 spiro atoms. The zero-order valence-corrected chi connectivity index (χ0v) is 11.1. The fourth-order valence-electron chi connectivity index (χ4n) is 2.47. The molecule has 0 radical (unpaired) electrons. The largest absolute Gasteiger partial charge is 0.392 e. The van der Waals surface area contributed by atoms with Crippen LogP contribution in [0.25, 0.3) is 5.69 Å². The normalized spacial score (nSPS) is 24.8. The fourth-order valence-corrected chi connectivity index (χ4v) is 2.47. The number of nitrogens with zero attached hydrogens (tertiary/aromatic N) is 3. The molecule has 0 aliphatic heterocycles. The van der Waals surface area contributed by atoms with Gasteiger partial charge in [0.1, 0.15) is 0 Å². The summed E-state index contributed by atoms with van der Waals surface area (Å²) in [5.74, 6) is 0. The molecule has 2 atom stereocenters. The van der Waals surface area contributed by atoms with Crippen molar-refractivity contribution in [2.24, 2.45) is 5.41 Å². The van der Waals surface area contributed by atoms with Crippen LogP contribution in [0.1, 0.15) is 20.3 Å². The highest BCUT2D eigenvalue weighted by molar-refractivity contribution is 5.61. The summed E-state index contributed by atoms with van der Waals surface area (Å²) >= 11 is 0. The first kappa shape index (κ1) is 12.2. The molecule has 0 saturated heterocycles. The number of hydrogen-bond donors (Lipinski definition) is 2. The van der Waals surface area contributed by atoms with Crippen molar-refractivity contribution >= 4 is 5.69 Å². The molecule has 1 aromatic carbocycles. The first-order valence-electron chi connectivity index (χ1n) is 6.49. The molecule has 5 nitrogen and oxygen atoms in total. The Labute approximate surface area is 112 Å². The number of benzene rings is 1. The van der Waals surface area contributed by atoms with Crippen molar-refractivity contribution in [3.05, 3.63) is 36.7 Å². The van der Waals surface area contributed by atoms with Gasteiger partial charge in [0.25, 0.3) is 0 Å². The van der Waals surface area contributed by atoms with Crippen LogP contribution in [-0.4, -0.2) is 32.2 Å². The quantitative estimate of drug-likeness (QED) is 0.881. The monoisotopic (exact) mass is 258 g/mol. The van der Waals surface area contributed by atoms with Gasteiger partial charge in [0, 0.05) is 11.5 Å². The number of anilines is 1. The topological polar surface area (TPSA) is 63.0 Å². The van der Waals surface area contributed by atoms with Gasteiger partial charge in [-0.05, 0) is 18.6 Å². The highest BCUT2D eigenvalue weighted by atomic mass is 16.3. The highest BCUT2D eigenvalue weighted by Crippen LogP contribution is 2.42. The van der Waals surface area contributed by atoms with E-state index in [1.165, 1.54) is 0 Å². The second-order valence-electron chi connectivity index (χ2n) is 5.63. The van der Waals surface area contributed by atoms with Gasteiger partial charge in [0.15, 0.2) is 0 Å². The summed E-state index contributed by atoms with van der Waals surface area (Å²) in [7, 11) is 0. The van der Waals surface area contributed by atoms with Crippen LogP contribution in [-0.2, 0) is 0 Å². The van der Waals surface area contributed by atoms with Crippen LogP contribution in [0.3, 0.4) is 0 Å². The summed E-state index contributed by atoms with van der Waals surface area (Å²) in [6.45, 7) is 4.16. The molecule has 5 heteroatoms. The molecule has 2 unspecified atom stereocenters. The van der Waals surface area contributed by atoms with Crippen molar-refractivity contribution in [2.45, 2.75) is 32.4 Å². The minimum atomic E-state index is -0.233. The predicted octanol–water partition coefficient (Wildman–Crippen LogP) is 1.84. The summed E-state index contributed by atoms with van der Waals surface area (Å²) in [5, 5.41) is 21.2. The van der Waals surface area contributed by atoms with Crippen LogP contribution in [0.2, 0.25) is 0 Å². The lowest BCUT2D eigenvalue weighted by molar-refractivity contribution is -0.0510. The van der Waals surface area contributed by atoms with Gasteiger partial charge in [0.05, 0.1) is 29.9 Å². The van der Waals surface area contributed by atoms with E-state index >= 15 is 0 Å². The molecule has 1 aliphatic rings. The third-order valence-electron chi connectivity index (χ3n) is 4.12. The van der Waals surface area contributed by atoms with Crippen LogP contribution in [0.15, 0.2) is 36.7 Å². The lowest BCUT2D eigenvalue weighted by Crippen LogP contribution is -2.57. The Bertz CT molecular complexity index is 565. The van der Waals surface area contributed by atoms with Crippen molar-refractivity contribution in [1.29, 1.82) is 0 Å². The maximum atomic E-state index is 9.81. The van der Waals surface area contributed by atoms with E-state index in [9.17, 15) is 5.11 Å². The Morgan fingerprint density at radius 2 is 2.16 bits per heavy atom. The van der Waals surface area contributed by atoms with Crippen molar-refractivity contribution < 1.29 is 5.11 Å². The van der Waals surface area contributed by atoms with E-state index in [1.54, 1.807) is 10.9 Å². The Balaban J connectivity index is 1.87. The Morgan fingerprint density at radius 1 is 1.37 bits per heavy atom. The van der Waals surface area contributed by atoms with Gasteiger partial charge in [-0.2, -0.15) is 0 Å². The second kappa shape index (κ2) is 4.35. The Kier molecular flexibility index (Phi) is 2.78. The maximum Gasteiger partial charge on any atom is 0.0894 e. The van der Waals surface area contributed by atoms with Gasteiger partial charge in [-0.25, -0.2) is 4.68 Å². The van der Waals surface area contributed by atoms with Crippen LogP contribution < -0.4 is 5.32 Å². The number of aromatic nitrogens is 3. The van der Waals surface area contributed by atoms with Crippen LogP contribution in [0.5, 0.6) is 0 Å². The molecule has 2 aromatic rings. The summed E-state index contributed by atoms with van der Waals surface area (Å²) in [5.41, 5.74) is 1.88. The summed E-state index contributed by atoms with van der Waals surface area (Å²) in [6.07, 6.45) is 4.02. The van der Waals surface area contributed by atoms with E-state index in [0.717, 1.165) is 17.8 Å². The third kappa shape index (κ3) is 2.00. The molecule has 1 aliphatic carbocycles. The second-order valence-corrected chi connectivity index (χ2v) is 5.63. The lowest BCUT2D eigenvalue weighted by Gasteiger charge is -2.50. The molecule has 1 fully saturated rings. The standard InChI is InChI=1S/C14H18N4O/c1-14(2)12(9-13(14)19)16-10-5-3-4-6-11(10)18-8-7-15-17-18/h3-8,12-13,16,19H,9H2,1-2H3. The third-order valence-corrected chi connectivity index (χ3v) is 4.12. The van der Waals surface area contributed by atoms with Crippen molar-refractivity contribution in [1.82, 2.24) is 15.0 Å². The average Bonchev–Trinajstić information content (AvgIpc) is 2.93. The lowest BCUT2D eigenvalue weighted by atomic mass is 9.64. The average molecular weight is 258 g/mol. The Morgan fingerprint density at radius 3 is 2.79 bits per heavy atom. The summed E-state index contributed by atoms with van der Waals surface area (Å²) < 4.78 is 1.74. The van der Waals surface area contributed by atoms with Gasteiger partial charge >= 0.3 is 0 Å². The minimum Gasteiger partial charge on any atom is -0.392 e. The van der Waals surface area contributed by atoms with Crippen molar-refractivity contribution in [3.8, 4) is 5.69 Å². The van der Waals surface area contributed by atoms with Gasteiger partial charge < -0.3 is 10.4 Å². The number of rotatable bonds is 3. The first-order valence-corrected chi connectivity index (χ1v) is 6.49. The number of aliphatic hydroxyl groups is 1. The number of para-hydroxylation sites is 2. The molecular weight excluding hydrogens is 240 g/mol. The SMILES string of the molecule is CC1(C)C(O)CC1Nc1ccccc1-n1ccnn1. The Hall–Kier alpha value is -1.88.